The third kappa shape index (κ3) is 3.93. The Hall–Kier alpha value is -2.12. The van der Waals surface area contributed by atoms with Crippen molar-refractivity contribution in [3.8, 4) is 0 Å². The third-order valence-corrected chi connectivity index (χ3v) is 4.37. The van der Waals surface area contributed by atoms with E-state index in [1.165, 1.54) is 0 Å². The minimum absolute atomic E-state index is 0.199. The number of guanidine groups is 1. The number of benzene rings is 1. The van der Waals surface area contributed by atoms with E-state index in [9.17, 15) is 9.59 Å². The zero-order chi connectivity index (χ0) is 17.8. The van der Waals surface area contributed by atoms with E-state index in [0.717, 1.165) is 0 Å². The highest BCUT2D eigenvalue weighted by Crippen LogP contribution is 2.32. The van der Waals surface area contributed by atoms with Gasteiger partial charge >= 0.3 is 5.97 Å². The molecule has 0 aromatic heterocycles. The Bertz CT molecular complexity index is 688. The van der Waals surface area contributed by atoms with Crippen LogP contribution in [0.15, 0.2) is 29.3 Å². The van der Waals surface area contributed by atoms with Crippen LogP contribution in [-0.2, 0) is 19.1 Å². The highest BCUT2D eigenvalue weighted by Gasteiger charge is 2.42. The molecule has 8 heteroatoms. The molecule has 1 amide bonds. The average molecular weight is 366 g/mol. The molecule has 7 nitrogen and oxygen atoms in total. The van der Waals surface area contributed by atoms with Crippen LogP contribution in [0.1, 0.15) is 18.5 Å². The Morgan fingerprint density at radius 2 is 2.20 bits per heavy atom. The van der Waals surface area contributed by atoms with Crippen molar-refractivity contribution in [1.29, 1.82) is 0 Å². The van der Waals surface area contributed by atoms with Crippen molar-refractivity contribution in [2.24, 2.45) is 10.9 Å². The molecular weight excluding hydrogens is 346 g/mol. The van der Waals surface area contributed by atoms with Crippen LogP contribution < -0.4 is 5.32 Å². The van der Waals surface area contributed by atoms with E-state index in [2.05, 4.69) is 10.3 Å². The van der Waals surface area contributed by atoms with Gasteiger partial charge < -0.3 is 14.4 Å². The number of hydrogen-bond donors (Lipinski definition) is 1. The number of hydrogen-bond acceptors (Lipinski definition) is 6. The summed E-state index contributed by atoms with van der Waals surface area (Å²) in [5.41, 5.74) is 0.700. The maximum absolute atomic E-state index is 12.6. The van der Waals surface area contributed by atoms with Crippen LogP contribution in [0, 0.1) is 5.92 Å². The summed E-state index contributed by atoms with van der Waals surface area (Å²) < 4.78 is 10.4. The number of nitrogens with zero attached hydrogens (tertiary/aromatic N) is 2. The van der Waals surface area contributed by atoms with Gasteiger partial charge in [-0.15, -0.1) is 0 Å². The molecule has 0 spiro atoms. The molecule has 1 aromatic rings. The Balaban J connectivity index is 1.97. The maximum Gasteiger partial charge on any atom is 0.321 e. The molecule has 25 heavy (non-hydrogen) atoms. The number of ether oxygens (including phenoxy) is 2. The first-order valence-electron chi connectivity index (χ1n) is 8.23. The normalized spacial score (nSPS) is 23.7. The molecular formula is C17H20ClN3O4. The number of morpholine rings is 1. The summed E-state index contributed by atoms with van der Waals surface area (Å²) in [4.78, 5) is 31.6. The number of carbonyl (C=O) groups excluding carboxylic acids is 2. The third-order valence-electron chi connectivity index (χ3n) is 4.14. The van der Waals surface area contributed by atoms with Crippen molar-refractivity contribution in [2.45, 2.75) is 13.0 Å². The summed E-state index contributed by atoms with van der Waals surface area (Å²) in [6.45, 7) is 4.30. The lowest BCUT2D eigenvalue weighted by atomic mass is 9.91. The molecule has 0 bridgehead atoms. The molecule has 2 aliphatic heterocycles. The lowest BCUT2D eigenvalue weighted by molar-refractivity contribution is -0.153. The molecule has 2 aliphatic rings. The fourth-order valence-electron chi connectivity index (χ4n) is 2.93. The predicted molar refractivity (Wildman–Crippen MR) is 92.3 cm³/mol. The molecule has 1 N–H and O–H groups in total. The number of rotatable bonds is 3. The molecule has 0 aliphatic carbocycles. The highest BCUT2D eigenvalue weighted by atomic mass is 35.5. The van der Waals surface area contributed by atoms with Crippen molar-refractivity contribution >= 4 is 29.4 Å². The van der Waals surface area contributed by atoms with Crippen LogP contribution >= 0.6 is 11.6 Å². The summed E-state index contributed by atoms with van der Waals surface area (Å²) in [5.74, 6) is -1.59. The van der Waals surface area contributed by atoms with Gasteiger partial charge in [0.15, 0.2) is 5.92 Å². The highest BCUT2D eigenvalue weighted by molar-refractivity contribution is 6.30. The van der Waals surface area contributed by atoms with Crippen molar-refractivity contribution in [1.82, 2.24) is 10.2 Å². The Morgan fingerprint density at radius 1 is 1.44 bits per heavy atom. The van der Waals surface area contributed by atoms with Gasteiger partial charge in [-0.1, -0.05) is 23.7 Å². The predicted octanol–water partition coefficient (Wildman–Crippen LogP) is 1.38. The second kappa shape index (κ2) is 7.84. The Labute approximate surface area is 150 Å². The van der Waals surface area contributed by atoms with E-state index in [1.807, 2.05) is 11.0 Å². The van der Waals surface area contributed by atoms with Crippen LogP contribution in [0.5, 0.6) is 0 Å². The molecule has 1 fully saturated rings. The van der Waals surface area contributed by atoms with Crippen molar-refractivity contribution in [3.63, 3.8) is 0 Å². The first-order chi connectivity index (χ1) is 12.1. The molecule has 3 rings (SSSR count). The van der Waals surface area contributed by atoms with Gasteiger partial charge in [0.1, 0.15) is 6.04 Å². The topological polar surface area (TPSA) is 80.2 Å². The number of esters is 1. The summed E-state index contributed by atoms with van der Waals surface area (Å²) in [5, 5.41) is 3.26. The molecule has 2 atom stereocenters. The molecule has 0 unspecified atom stereocenters. The molecule has 1 aromatic carbocycles. The number of aliphatic imine (C=N–C) groups is 1. The summed E-state index contributed by atoms with van der Waals surface area (Å²) >= 11 is 6.08. The number of amides is 1. The fraction of sp³-hybridized carbons (Fsp3) is 0.471. The van der Waals surface area contributed by atoms with E-state index >= 15 is 0 Å². The minimum Gasteiger partial charge on any atom is -0.465 e. The van der Waals surface area contributed by atoms with Gasteiger partial charge in [0, 0.05) is 18.1 Å². The molecule has 2 heterocycles. The van der Waals surface area contributed by atoms with Crippen molar-refractivity contribution in [2.75, 3.05) is 32.9 Å². The first kappa shape index (κ1) is 17.7. The summed E-state index contributed by atoms with van der Waals surface area (Å²) in [6, 6.07) is 6.36. The summed E-state index contributed by atoms with van der Waals surface area (Å²) in [7, 11) is 0. The number of halogens is 1. The number of nitrogens with one attached hydrogen (secondary N) is 1. The van der Waals surface area contributed by atoms with Gasteiger partial charge in [0.2, 0.25) is 11.9 Å². The Morgan fingerprint density at radius 3 is 2.88 bits per heavy atom. The number of carbonyl (C=O) groups is 2. The quantitative estimate of drug-likeness (QED) is 0.646. The first-order valence-corrected chi connectivity index (χ1v) is 8.61. The van der Waals surface area contributed by atoms with Gasteiger partial charge in [-0.3, -0.25) is 14.9 Å². The van der Waals surface area contributed by atoms with E-state index in [0.29, 0.717) is 42.8 Å². The van der Waals surface area contributed by atoms with E-state index in [-0.39, 0.29) is 6.61 Å². The van der Waals surface area contributed by atoms with Gasteiger partial charge in [-0.2, -0.15) is 0 Å². The van der Waals surface area contributed by atoms with Gasteiger partial charge in [-0.05, 0) is 24.6 Å². The smallest absolute Gasteiger partial charge is 0.321 e. The molecule has 1 saturated heterocycles. The average Bonchev–Trinajstić information content (AvgIpc) is 2.62. The SMILES string of the molecule is CCOC(=O)[C@H]1C(=O)NC(N2CCOCC2)=N[C@H]1c1cccc(Cl)c1. The van der Waals surface area contributed by atoms with Crippen LogP contribution in [-0.4, -0.2) is 55.6 Å². The second-order valence-corrected chi connectivity index (χ2v) is 6.21. The van der Waals surface area contributed by atoms with Gasteiger partial charge in [0.05, 0.1) is 19.8 Å². The fourth-order valence-corrected chi connectivity index (χ4v) is 3.13. The van der Waals surface area contributed by atoms with Crippen LogP contribution in [0.4, 0.5) is 0 Å². The minimum atomic E-state index is -1.04. The summed E-state index contributed by atoms with van der Waals surface area (Å²) in [6.07, 6.45) is 0. The van der Waals surface area contributed by atoms with Crippen LogP contribution in [0.2, 0.25) is 5.02 Å². The molecule has 134 valence electrons. The van der Waals surface area contributed by atoms with Crippen molar-refractivity contribution < 1.29 is 19.1 Å². The Kier molecular flexibility index (Phi) is 5.55. The monoisotopic (exact) mass is 365 g/mol. The van der Waals surface area contributed by atoms with E-state index in [4.69, 9.17) is 21.1 Å². The standard InChI is InChI=1S/C17H20ClN3O4/c1-2-25-16(23)13-14(11-4-3-5-12(18)10-11)19-17(20-15(13)22)21-6-8-24-9-7-21/h3-5,10,13-14H,2,6-9H2,1H3,(H,19,20,22)/t13-,14+/m1/s1. The van der Waals surface area contributed by atoms with E-state index < -0.39 is 23.8 Å². The largest absolute Gasteiger partial charge is 0.465 e. The van der Waals surface area contributed by atoms with Crippen molar-refractivity contribution in [3.05, 3.63) is 34.9 Å². The van der Waals surface area contributed by atoms with Crippen LogP contribution in [0.25, 0.3) is 0 Å². The zero-order valence-electron chi connectivity index (χ0n) is 13.9. The van der Waals surface area contributed by atoms with Gasteiger partial charge in [0.25, 0.3) is 0 Å². The molecule has 0 saturated carbocycles. The lowest BCUT2D eigenvalue weighted by Crippen LogP contribution is -2.55. The van der Waals surface area contributed by atoms with Gasteiger partial charge in [-0.25, -0.2) is 4.99 Å². The van der Waals surface area contributed by atoms with Crippen LogP contribution in [0.3, 0.4) is 0 Å². The lowest BCUT2D eigenvalue weighted by Gasteiger charge is -2.35. The van der Waals surface area contributed by atoms with E-state index in [1.54, 1.807) is 25.1 Å². The maximum atomic E-state index is 12.6. The molecule has 0 radical (unpaired) electrons. The second-order valence-electron chi connectivity index (χ2n) is 5.77. The zero-order valence-corrected chi connectivity index (χ0v) is 14.7.